The molecule has 2 aliphatic heterocycles. The van der Waals surface area contributed by atoms with Crippen LogP contribution in [0, 0.1) is 5.82 Å². The number of nitrogens with one attached hydrogen (secondary N) is 2. The van der Waals surface area contributed by atoms with Gasteiger partial charge in [0, 0.05) is 29.5 Å². The number of anilines is 2. The van der Waals surface area contributed by atoms with Gasteiger partial charge in [-0.05, 0) is 68.8 Å². The highest BCUT2D eigenvalue weighted by atomic mass is 19.1. The number of fused-ring (bicyclic) bond motifs is 1. The van der Waals surface area contributed by atoms with E-state index < -0.39 is 30.2 Å². The molecule has 2 aromatic rings. The molecule has 0 unspecified atom stereocenters. The Bertz CT molecular complexity index is 1280. The number of urea groups is 1. The van der Waals surface area contributed by atoms with Gasteiger partial charge in [0.25, 0.3) is 5.91 Å². The summed E-state index contributed by atoms with van der Waals surface area (Å²) in [6, 6.07) is 8.97. The molecule has 0 radical (unpaired) electrons. The molecule has 0 saturated carbocycles. The van der Waals surface area contributed by atoms with E-state index in [1.54, 1.807) is 30.3 Å². The Morgan fingerprint density at radius 3 is 2.54 bits per heavy atom. The third kappa shape index (κ3) is 4.62. The second-order valence-corrected chi connectivity index (χ2v) is 9.09. The quantitative estimate of drug-likeness (QED) is 0.501. The Labute approximate surface area is 203 Å². The van der Waals surface area contributed by atoms with E-state index in [9.17, 15) is 14.4 Å². The maximum Gasteiger partial charge on any atom is 0.329 e. The van der Waals surface area contributed by atoms with Crippen LogP contribution in [0.4, 0.5) is 20.6 Å². The summed E-state index contributed by atoms with van der Waals surface area (Å²) in [6.45, 7) is 5.55. The highest BCUT2D eigenvalue weighted by Crippen LogP contribution is 2.39. The van der Waals surface area contributed by atoms with E-state index in [2.05, 4.69) is 16.7 Å². The number of amides is 4. The number of hydrogen-bond acceptors (Lipinski definition) is 5. The number of allylic oxidation sites excluding steroid dienone is 1. The second-order valence-electron chi connectivity index (χ2n) is 9.09. The Hall–Kier alpha value is -4.14. The number of carbonyl (C=O) groups is 3. The molecule has 35 heavy (non-hydrogen) atoms. The van der Waals surface area contributed by atoms with Crippen LogP contribution < -0.4 is 20.3 Å². The fraction of sp³-hybridized carbons (Fsp3) is 0.269. The average Bonchev–Trinajstić information content (AvgIpc) is 3.06. The van der Waals surface area contributed by atoms with Crippen LogP contribution in [0.3, 0.4) is 0 Å². The largest absolute Gasteiger partial charge is 0.497 e. The molecule has 9 heteroatoms. The van der Waals surface area contributed by atoms with Gasteiger partial charge >= 0.3 is 6.03 Å². The van der Waals surface area contributed by atoms with Gasteiger partial charge in [0.1, 0.15) is 23.8 Å². The number of nitrogens with zero attached hydrogens (tertiary/aromatic N) is 2. The Morgan fingerprint density at radius 2 is 1.89 bits per heavy atom. The lowest BCUT2D eigenvalue weighted by atomic mass is 9.88. The number of halogens is 1. The molecule has 0 spiro atoms. The molecule has 2 heterocycles. The number of likely N-dealkylation sites (N-methyl/N-ethyl adjacent to an activating group) is 1. The summed E-state index contributed by atoms with van der Waals surface area (Å²) in [5.74, 6) is -1.15. The summed E-state index contributed by atoms with van der Waals surface area (Å²) < 4.78 is 20.1. The molecule has 4 amide bonds. The van der Waals surface area contributed by atoms with E-state index in [0.717, 1.165) is 21.7 Å². The first-order valence-electron chi connectivity index (χ1n) is 11.1. The number of imide groups is 1. The van der Waals surface area contributed by atoms with Crippen LogP contribution in [-0.2, 0) is 9.59 Å². The van der Waals surface area contributed by atoms with Gasteiger partial charge in [0.15, 0.2) is 0 Å². The molecule has 0 atom stereocenters. The van der Waals surface area contributed by atoms with Crippen LogP contribution in [0.2, 0.25) is 0 Å². The summed E-state index contributed by atoms with van der Waals surface area (Å²) in [6.07, 6.45) is 3.39. The monoisotopic (exact) mass is 478 g/mol. The maximum absolute atomic E-state index is 15.0. The van der Waals surface area contributed by atoms with Gasteiger partial charge in [0.05, 0.1) is 12.6 Å². The zero-order valence-electron chi connectivity index (χ0n) is 20.2. The Morgan fingerprint density at radius 1 is 1.20 bits per heavy atom. The van der Waals surface area contributed by atoms with Gasteiger partial charge in [-0.1, -0.05) is 6.08 Å². The van der Waals surface area contributed by atoms with Crippen molar-refractivity contribution >= 4 is 40.9 Å². The summed E-state index contributed by atoms with van der Waals surface area (Å²) in [5, 5.41) is 5.06. The van der Waals surface area contributed by atoms with Crippen molar-refractivity contribution in [3.8, 4) is 5.75 Å². The van der Waals surface area contributed by atoms with Crippen molar-refractivity contribution in [2.75, 3.05) is 30.9 Å². The van der Waals surface area contributed by atoms with Gasteiger partial charge in [-0.15, -0.1) is 0 Å². The van der Waals surface area contributed by atoms with Gasteiger partial charge in [-0.3, -0.25) is 9.59 Å². The van der Waals surface area contributed by atoms with Gasteiger partial charge in [-0.2, -0.15) is 0 Å². The molecule has 2 aliphatic rings. The molecule has 1 fully saturated rings. The van der Waals surface area contributed by atoms with E-state index in [0.29, 0.717) is 11.4 Å². The number of carbonyl (C=O) groups excluding carboxylic acids is 3. The molecule has 0 aliphatic carbocycles. The molecule has 8 nitrogen and oxygen atoms in total. The third-order valence-electron chi connectivity index (χ3n) is 6.27. The van der Waals surface area contributed by atoms with Gasteiger partial charge in [-0.25, -0.2) is 14.1 Å². The minimum Gasteiger partial charge on any atom is -0.497 e. The SMILES string of the molecule is COc1ccc(NC(=O)CN2C(=O)N/C(=C/c3cc4c(cc3F)N(C)C(C)(C)C=C4C)C2=O)cc1. The van der Waals surface area contributed by atoms with Crippen molar-refractivity contribution in [2.45, 2.75) is 26.3 Å². The van der Waals surface area contributed by atoms with Crippen molar-refractivity contribution in [1.29, 1.82) is 0 Å². The summed E-state index contributed by atoms with van der Waals surface area (Å²) in [5.41, 5.74) is 2.86. The van der Waals surface area contributed by atoms with Crippen LogP contribution >= 0.6 is 0 Å². The maximum atomic E-state index is 15.0. The van der Waals surface area contributed by atoms with E-state index in [1.807, 2.05) is 32.7 Å². The van der Waals surface area contributed by atoms with Crippen LogP contribution in [-0.4, -0.2) is 49.0 Å². The zero-order valence-corrected chi connectivity index (χ0v) is 20.2. The number of methoxy groups -OCH3 is 1. The fourth-order valence-electron chi connectivity index (χ4n) is 4.19. The minimum atomic E-state index is -0.748. The highest BCUT2D eigenvalue weighted by molar-refractivity contribution is 6.16. The summed E-state index contributed by atoms with van der Waals surface area (Å²) >= 11 is 0. The van der Waals surface area contributed by atoms with Crippen molar-refractivity contribution in [1.82, 2.24) is 10.2 Å². The van der Waals surface area contributed by atoms with E-state index in [-0.39, 0.29) is 16.8 Å². The van der Waals surface area contributed by atoms with E-state index in [1.165, 1.54) is 19.3 Å². The van der Waals surface area contributed by atoms with Crippen molar-refractivity contribution < 1.29 is 23.5 Å². The molecular weight excluding hydrogens is 451 g/mol. The van der Waals surface area contributed by atoms with Crippen LogP contribution in [0.5, 0.6) is 5.75 Å². The first-order valence-corrected chi connectivity index (χ1v) is 11.1. The smallest absolute Gasteiger partial charge is 0.329 e. The summed E-state index contributed by atoms with van der Waals surface area (Å²) in [7, 11) is 3.43. The minimum absolute atomic E-state index is 0.0998. The highest BCUT2D eigenvalue weighted by Gasteiger charge is 2.35. The number of rotatable bonds is 5. The Balaban J connectivity index is 1.53. The zero-order chi connectivity index (χ0) is 25.5. The third-order valence-corrected chi connectivity index (χ3v) is 6.27. The van der Waals surface area contributed by atoms with Crippen molar-refractivity contribution in [3.05, 3.63) is 65.1 Å². The lowest BCUT2D eigenvalue weighted by Crippen LogP contribution is -2.42. The van der Waals surface area contributed by atoms with Gasteiger partial charge in [0.2, 0.25) is 5.91 Å². The molecule has 2 N–H and O–H groups in total. The van der Waals surface area contributed by atoms with Crippen molar-refractivity contribution in [3.63, 3.8) is 0 Å². The first kappa shape index (κ1) is 24.0. The average molecular weight is 479 g/mol. The van der Waals surface area contributed by atoms with Crippen LogP contribution in [0.25, 0.3) is 11.6 Å². The first-order chi connectivity index (χ1) is 16.5. The fourth-order valence-corrected chi connectivity index (χ4v) is 4.19. The van der Waals surface area contributed by atoms with Gasteiger partial charge < -0.3 is 20.3 Å². The topological polar surface area (TPSA) is 91.0 Å². The van der Waals surface area contributed by atoms with E-state index >= 15 is 4.39 Å². The number of ether oxygens (including phenoxy) is 1. The molecule has 2 aromatic carbocycles. The number of benzene rings is 2. The second kappa shape index (κ2) is 8.90. The molecule has 182 valence electrons. The predicted molar refractivity (Wildman–Crippen MR) is 132 cm³/mol. The van der Waals surface area contributed by atoms with E-state index in [4.69, 9.17) is 4.74 Å². The lowest BCUT2D eigenvalue weighted by molar-refractivity contribution is -0.127. The normalized spacial score (nSPS) is 17.8. The number of hydrogen-bond donors (Lipinski definition) is 2. The molecule has 0 bridgehead atoms. The van der Waals surface area contributed by atoms with Crippen LogP contribution in [0.15, 0.2) is 48.2 Å². The predicted octanol–water partition coefficient (Wildman–Crippen LogP) is 4.00. The Kier molecular flexibility index (Phi) is 6.10. The van der Waals surface area contributed by atoms with Crippen LogP contribution in [0.1, 0.15) is 31.9 Å². The molecule has 1 saturated heterocycles. The molecule has 4 rings (SSSR count). The molecular formula is C26H27FN4O4. The summed E-state index contributed by atoms with van der Waals surface area (Å²) in [4.78, 5) is 40.4. The lowest BCUT2D eigenvalue weighted by Gasteiger charge is -2.40. The molecule has 0 aromatic heterocycles. The standard InChI is InChI=1S/C26H27FN4O4/c1-15-13-26(2,3)30(4)22-12-20(27)16(10-19(15)22)11-21-24(33)31(25(34)29-21)14-23(32)28-17-6-8-18(35-5)9-7-17/h6-13H,14H2,1-5H3,(H,28,32)(H,29,34)/b21-11+. The van der Waals surface area contributed by atoms with Crippen molar-refractivity contribution in [2.24, 2.45) is 0 Å².